The molecule has 1 aromatic carbocycles. The molecule has 1 saturated heterocycles. The van der Waals surface area contributed by atoms with Crippen molar-refractivity contribution in [3.63, 3.8) is 0 Å². The molecule has 2 fully saturated rings. The summed E-state index contributed by atoms with van der Waals surface area (Å²) >= 11 is 0. The number of carbonyl (C=O) groups excluding carboxylic acids is 2. The van der Waals surface area contributed by atoms with Crippen molar-refractivity contribution in [1.82, 2.24) is 14.7 Å². The molecule has 0 bridgehead atoms. The molecular formula is C29H38N4O6. The molecule has 1 aliphatic carbocycles. The topological polar surface area (TPSA) is 104 Å². The van der Waals surface area contributed by atoms with Gasteiger partial charge < -0.3 is 29.2 Å². The van der Waals surface area contributed by atoms with Gasteiger partial charge in [-0.05, 0) is 38.3 Å². The number of carbonyl (C=O) groups is 2. The van der Waals surface area contributed by atoms with Crippen molar-refractivity contribution in [3.05, 3.63) is 48.4 Å². The maximum absolute atomic E-state index is 13.6. The van der Waals surface area contributed by atoms with Crippen LogP contribution in [0.2, 0.25) is 0 Å². The van der Waals surface area contributed by atoms with Crippen molar-refractivity contribution in [2.45, 2.75) is 76.9 Å². The predicted molar refractivity (Wildman–Crippen MR) is 144 cm³/mol. The first-order chi connectivity index (χ1) is 18.8. The number of methoxy groups -OCH3 is 1. The number of benzene rings is 1. The van der Waals surface area contributed by atoms with E-state index in [0.29, 0.717) is 48.6 Å². The Labute approximate surface area is 229 Å². The summed E-state index contributed by atoms with van der Waals surface area (Å²) in [7, 11) is 1.59. The largest absolute Gasteiger partial charge is 0.497 e. The van der Waals surface area contributed by atoms with Crippen molar-refractivity contribution >= 4 is 17.6 Å². The molecule has 3 aliphatic rings. The van der Waals surface area contributed by atoms with E-state index in [9.17, 15) is 9.59 Å². The minimum atomic E-state index is -0.624. The molecular weight excluding hydrogens is 500 g/mol. The summed E-state index contributed by atoms with van der Waals surface area (Å²) in [6.07, 6.45) is 9.46. The van der Waals surface area contributed by atoms with E-state index in [1.54, 1.807) is 28.8 Å². The number of rotatable bonds is 10. The zero-order valence-electron chi connectivity index (χ0n) is 22.9. The highest BCUT2D eigenvalue weighted by Crippen LogP contribution is 2.31. The minimum Gasteiger partial charge on any atom is -0.497 e. The summed E-state index contributed by atoms with van der Waals surface area (Å²) in [6.45, 7) is 5.00. The molecule has 0 radical (unpaired) electrons. The van der Waals surface area contributed by atoms with Crippen LogP contribution in [0, 0.1) is 5.92 Å². The first-order valence-corrected chi connectivity index (χ1v) is 13.8. The first-order valence-electron chi connectivity index (χ1n) is 13.8. The fourth-order valence-corrected chi connectivity index (χ4v) is 5.57. The van der Waals surface area contributed by atoms with Crippen LogP contribution in [0.3, 0.4) is 0 Å². The van der Waals surface area contributed by atoms with Gasteiger partial charge in [-0.3, -0.25) is 14.3 Å². The smallest absolute Gasteiger partial charge is 0.251 e. The summed E-state index contributed by atoms with van der Waals surface area (Å²) in [4.78, 5) is 28.3. The highest BCUT2D eigenvalue weighted by molar-refractivity contribution is 5.99. The van der Waals surface area contributed by atoms with Crippen LogP contribution in [-0.4, -0.2) is 64.7 Å². The van der Waals surface area contributed by atoms with Gasteiger partial charge in [0.1, 0.15) is 29.4 Å². The monoisotopic (exact) mass is 538 g/mol. The quantitative estimate of drug-likeness (QED) is 0.485. The molecule has 1 aromatic heterocycles. The molecule has 39 heavy (non-hydrogen) atoms. The Morgan fingerprint density at radius 2 is 2.00 bits per heavy atom. The van der Waals surface area contributed by atoms with E-state index in [-0.39, 0.29) is 24.5 Å². The van der Waals surface area contributed by atoms with Gasteiger partial charge >= 0.3 is 0 Å². The number of ether oxygens (including phenoxy) is 4. The molecule has 2 aromatic rings. The average molecular weight is 539 g/mol. The zero-order valence-corrected chi connectivity index (χ0v) is 22.9. The molecule has 2 atom stereocenters. The van der Waals surface area contributed by atoms with Gasteiger partial charge in [0.25, 0.3) is 5.91 Å². The predicted octanol–water partition coefficient (Wildman–Crippen LogP) is 4.13. The lowest BCUT2D eigenvalue weighted by Crippen LogP contribution is -2.46. The molecule has 5 rings (SSSR count). The summed E-state index contributed by atoms with van der Waals surface area (Å²) in [5.41, 5.74) is 0. The third-order valence-electron chi connectivity index (χ3n) is 7.49. The van der Waals surface area contributed by atoms with E-state index in [1.807, 2.05) is 38.2 Å². The maximum Gasteiger partial charge on any atom is 0.251 e. The number of amides is 2. The van der Waals surface area contributed by atoms with Gasteiger partial charge in [-0.15, -0.1) is 0 Å². The summed E-state index contributed by atoms with van der Waals surface area (Å²) < 4.78 is 24.5. The third kappa shape index (κ3) is 6.99. The lowest BCUT2D eigenvalue weighted by Gasteiger charge is -2.31. The van der Waals surface area contributed by atoms with Gasteiger partial charge in [-0.25, -0.2) is 0 Å². The Bertz CT molecular complexity index is 1200. The third-order valence-corrected chi connectivity index (χ3v) is 7.49. The second-order valence-electron chi connectivity index (χ2n) is 11.0. The van der Waals surface area contributed by atoms with Crippen LogP contribution in [0.5, 0.6) is 11.5 Å². The van der Waals surface area contributed by atoms with Gasteiger partial charge in [0, 0.05) is 24.4 Å². The van der Waals surface area contributed by atoms with Crippen LogP contribution in [-0.2, 0) is 25.6 Å². The van der Waals surface area contributed by atoms with Gasteiger partial charge in [-0.1, -0.05) is 38.2 Å². The Balaban J connectivity index is 1.25. The number of hydrogen-bond donors (Lipinski definition) is 1. The first kappa shape index (κ1) is 27.2. The molecule has 1 saturated carbocycles. The maximum atomic E-state index is 13.6. The van der Waals surface area contributed by atoms with Crippen molar-refractivity contribution < 1.29 is 28.5 Å². The van der Waals surface area contributed by atoms with Crippen molar-refractivity contribution in [1.29, 1.82) is 0 Å². The highest BCUT2D eigenvalue weighted by Gasteiger charge is 2.37. The molecule has 2 amide bonds. The lowest BCUT2D eigenvalue weighted by atomic mass is 9.84. The molecule has 0 spiro atoms. The van der Waals surface area contributed by atoms with Gasteiger partial charge in [0.05, 0.1) is 26.8 Å². The molecule has 3 heterocycles. The van der Waals surface area contributed by atoms with Crippen LogP contribution >= 0.6 is 0 Å². The van der Waals surface area contributed by atoms with Crippen LogP contribution in [0.4, 0.5) is 5.82 Å². The molecule has 2 unspecified atom stereocenters. The molecule has 2 aliphatic heterocycles. The van der Waals surface area contributed by atoms with Gasteiger partial charge in [0.2, 0.25) is 5.91 Å². The number of aromatic nitrogens is 2. The number of nitrogens with one attached hydrogen (secondary N) is 1. The Morgan fingerprint density at radius 3 is 2.74 bits per heavy atom. The summed E-state index contributed by atoms with van der Waals surface area (Å²) in [6, 6.07) is 8.37. The van der Waals surface area contributed by atoms with E-state index in [2.05, 4.69) is 10.4 Å². The summed E-state index contributed by atoms with van der Waals surface area (Å²) in [5, 5.41) is 7.47. The van der Waals surface area contributed by atoms with Gasteiger partial charge in [0.15, 0.2) is 11.6 Å². The lowest BCUT2D eigenvalue weighted by molar-refractivity contribution is -0.139. The molecule has 10 heteroatoms. The van der Waals surface area contributed by atoms with E-state index in [0.717, 1.165) is 25.7 Å². The summed E-state index contributed by atoms with van der Waals surface area (Å²) in [5.74, 6) is 1.51. The highest BCUT2D eigenvalue weighted by atomic mass is 16.7. The Hall–Kier alpha value is -3.37. The Morgan fingerprint density at radius 1 is 1.21 bits per heavy atom. The fourth-order valence-electron chi connectivity index (χ4n) is 5.57. The van der Waals surface area contributed by atoms with Crippen LogP contribution in [0.25, 0.3) is 0 Å². The van der Waals surface area contributed by atoms with Crippen molar-refractivity contribution in [2.24, 2.45) is 5.92 Å². The molecule has 210 valence electrons. The van der Waals surface area contributed by atoms with Crippen molar-refractivity contribution in [2.75, 3.05) is 25.6 Å². The Kier molecular flexibility index (Phi) is 8.23. The second-order valence-corrected chi connectivity index (χ2v) is 11.0. The number of hydrogen-bond acceptors (Lipinski definition) is 7. The number of nitrogens with zero attached hydrogens (tertiary/aromatic N) is 3. The normalized spacial score (nSPS) is 22.0. The standard InChI is InChI=1S/C29H38N4O6/c1-29(2)37-19-24(39-29)17-32-13-12-26(31-32)30-28(35)25(14-20-8-5-4-6-9-20)33-18-23(16-27(33)34)38-22-11-7-10-21(15-22)36-3/h7,10-13,15-16,20,24-25H,4-6,8-9,14,17-19H2,1-3H3,(H,30,31,35). The zero-order chi connectivity index (χ0) is 27.4. The van der Waals surface area contributed by atoms with E-state index >= 15 is 0 Å². The average Bonchev–Trinajstić information content (AvgIpc) is 3.61. The van der Waals surface area contributed by atoms with Crippen LogP contribution in [0.1, 0.15) is 52.4 Å². The van der Waals surface area contributed by atoms with Crippen LogP contribution < -0.4 is 14.8 Å². The SMILES string of the molecule is COc1cccc(OC2=CC(=O)N(C(CC3CCCCC3)C(=O)Nc3ccn(CC4COC(C)(C)O4)n3)C2)c1. The molecule has 10 nitrogen and oxygen atoms in total. The number of anilines is 1. The minimum absolute atomic E-state index is 0.112. The van der Waals surface area contributed by atoms with Crippen LogP contribution in [0.15, 0.2) is 48.4 Å². The van der Waals surface area contributed by atoms with E-state index < -0.39 is 11.8 Å². The van der Waals surface area contributed by atoms with Gasteiger partial charge in [-0.2, -0.15) is 5.10 Å². The second kappa shape index (κ2) is 11.8. The van der Waals surface area contributed by atoms with E-state index in [1.165, 1.54) is 12.5 Å². The van der Waals surface area contributed by atoms with E-state index in [4.69, 9.17) is 18.9 Å². The van der Waals surface area contributed by atoms with Crippen molar-refractivity contribution in [3.8, 4) is 11.5 Å². The molecule has 1 N–H and O–H groups in total. The fraction of sp³-hybridized carbons (Fsp3) is 0.552.